The van der Waals surface area contributed by atoms with Gasteiger partial charge in [-0.3, -0.25) is 9.89 Å². The summed E-state index contributed by atoms with van der Waals surface area (Å²) in [4.78, 5) is 16.6. The lowest BCUT2D eigenvalue weighted by Crippen LogP contribution is -2.25. The van der Waals surface area contributed by atoms with Gasteiger partial charge in [0.15, 0.2) is 23.9 Å². The zero-order chi connectivity index (χ0) is 19.7. The van der Waals surface area contributed by atoms with Gasteiger partial charge in [0.2, 0.25) is 0 Å². The quantitative estimate of drug-likeness (QED) is 0.709. The molecule has 0 spiro atoms. The van der Waals surface area contributed by atoms with Gasteiger partial charge in [-0.05, 0) is 51.1 Å². The number of benzene rings is 2. The molecule has 0 bridgehead atoms. The van der Waals surface area contributed by atoms with E-state index in [0.29, 0.717) is 17.3 Å². The average Bonchev–Trinajstić information content (AvgIpc) is 3.22. The van der Waals surface area contributed by atoms with Crippen LogP contribution in [0.3, 0.4) is 0 Å². The second-order valence-corrected chi connectivity index (χ2v) is 7.44. The molecule has 0 saturated heterocycles. The lowest BCUT2D eigenvalue weighted by atomic mass is 10.0. The first-order chi connectivity index (χ1) is 13.4. The highest BCUT2D eigenvalue weighted by molar-refractivity contribution is 5.92. The normalized spacial score (nSPS) is 14.2. The van der Waals surface area contributed by atoms with Crippen LogP contribution in [0.4, 0.5) is 5.69 Å². The van der Waals surface area contributed by atoms with Gasteiger partial charge in [-0.25, -0.2) is 4.98 Å². The highest BCUT2D eigenvalue weighted by Crippen LogP contribution is 2.41. The van der Waals surface area contributed by atoms with Crippen molar-refractivity contribution < 1.29 is 14.3 Å². The fourth-order valence-corrected chi connectivity index (χ4v) is 3.22. The van der Waals surface area contributed by atoms with Crippen molar-refractivity contribution in [2.45, 2.75) is 32.8 Å². The predicted octanol–water partition coefficient (Wildman–Crippen LogP) is 3.51. The van der Waals surface area contributed by atoms with Crippen molar-refractivity contribution in [3.05, 3.63) is 53.9 Å². The molecule has 0 atom stereocenters. The van der Waals surface area contributed by atoms with Crippen molar-refractivity contribution >= 4 is 11.6 Å². The van der Waals surface area contributed by atoms with Gasteiger partial charge in [0.05, 0.1) is 0 Å². The van der Waals surface area contributed by atoms with Crippen LogP contribution in [0.2, 0.25) is 0 Å². The topological polar surface area (TPSA) is 89.1 Å². The van der Waals surface area contributed by atoms with Crippen LogP contribution in [0.1, 0.15) is 25.2 Å². The third-order valence-corrected chi connectivity index (χ3v) is 4.44. The second kappa shape index (κ2) is 6.99. The Hall–Kier alpha value is -3.35. The van der Waals surface area contributed by atoms with Crippen molar-refractivity contribution in [1.82, 2.24) is 15.2 Å². The van der Waals surface area contributed by atoms with Crippen LogP contribution in [-0.2, 0) is 11.2 Å². The molecule has 7 heteroatoms. The first kappa shape index (κ1) is 18.0. The Balaban J connectivity index is 1.36. The van der Waals surface area contributed by atoms with E-state index in [0.717, 1.165) is 29.1 Å². The van der Waals surface area contributed by atoms with Gasteiger partial charge in [0.1, 0.15) is 11.4 Å². The molecule has 0 saturated carbocycles. The van der Waals surface area contributed by atoms with Crippen LogP contribution in [0.5, 0.6) is 11.5 Å². The minimum absolute atomic E-state index is 0.0951. The fourth-order valence-electron chi connectivity index (χ4n) is 3.22. The lowest BCUT2D eigenvalue weighted by Gasteiger charge is -2.18. The number of rotatable bonds is 5. The molecular weight excluding hydrogens is 356 g/mol. The van der Waals surface area contributed by atoms with Gasteiger partial charge in [0, 0.05) is 23.2 Å². The maximum absolute atomic E-state index is 12.3. The first-order valence-electron chi connectivity index (χ1n) is 9.13. The molecule has 1 aliphatic rings. The Morgan fingerprint density at radius 3 is 2.75 bits per heavy atom. The largest absolute Gasteiger partial charge is 0.483 e. The fraction of sp³-hybridized carbons (Fsp3) is 0.286. The summed E-state index contributed by atoms with van der Waals surface area (Å²) < 4.78 is 11.7. The van der Waals surface area contributed by atoms with Crippen molar-refractivity contribution in [1.29, 1.82) is 0 Å². The SMILES string of the molecule is Cc1nc(-c2ccc(NC(=O)COc3cccc4c3OC(C)(C)C4)cc2)n[nH]1. The van der Waals surface area contributed by atoms with Crippen LogP contribution < -0.4 is 14.8 Å². The summed E-state index contributed by atoms with van der Waals surface area (Å²) in [5.41, 5.74) is 2.40. The first-order valence-corrected chi connectivity index (χ1v) is 9.13. The van der Waals surface area contributed by atoms with Gasteiger partial charge < -0.3 is 14.8 Å². The molecule has 3 aromatic rings. The predicted molar refractivity (Wildman–Crippen MR) is 106 cm³/mol. The second-order valence-electron chi connectivity index (χ2n) is 7.44. The summed E-state index contributed by atoms with van der Waals surface area (Å²) in [6.07, 6.45) is 0.822. The molecule has 0 unspecified atom stereocenters. The van der Waals surface area contributed by atoms with Gasteiger partial charge in [-0.15, -0.1) is 0 Å². The van der Waals surface area contributed by atoms with Gasteiger partial charge in [0.25, 0.3) is 5.91 Å². The number of H-pyrrole nitrogens is 1. The highest BCUT2D eigenvalue weighted by Gasteiger charge is 2.32. The maximum Gasteiger partial charge on any atom is 0.262 e. The number of para-hydroxylation sites is 1. The number of aromatic nitrogens is 3. The highest BCUT2D eigenvalue weighted by atomic mass is 16.5. The third kappa shape index (κ3) is 3.83. The third-order valence-electron chi connectivity index (χ3n) is 4.44. The van der Waals surface area contributed by atoms with Crippen molar-refractivity contribution in [3.8, 4) is 22.9 Å². The Morgan fingerprint density at radius 1 is 1.25 bits per heavy atom. The van der Waals surface area contributed by atoms with E-state index in [4.69, 9.17) is 9.47 Å². The molecular formula is C21H22N4O3. The van der Waals surface area contributed by atoms with Gasteiger partial charge >= 0.3 is 0 Å². The molecule has 28 heavy (non-hydrogen) atoms. The number of nitrogens with one attached hydrogen (secondary N) is 2. The summed E-state index contributed by atoms with van der Waals surface area (Å²) in [6, 6.07) is 13.1. The molecule has 1 aliphatic heterocycles. The summed E-state index contributed by atoms with van der Waals surface area (Å²) in [6.45, 7) is 5.82. The Kier molecular flexibility index (Phi) is 4.50. The van der Waals surface area contributed by atoms with Gasteiger partial charge in [-0.2, -0.15) is 5.10 Å². The van der Waals surface area contributed by atoms with E-state index in [9.17, 15) is 4.79 Å². The molecule has 1 aromatic heterocycles. The summed E-state index contributed by atoms with van der Waals surface area (Å²) in [5.74, 6) is 2.46. The standard InChI is InChI=1S/C21H22N4O3/c1-13-22-20(25-24-13)14-7-9-16(10-8-14)23-18(26)12-27-17-6-4-5-15-11-21(2,3)28-19(15)17/h4-10H,11-12H2,1-3H3,(H,23,26)(H,22,24,25). The van der Waals surface area contributed by atoms with E-state index in [1.807, 2.05) is 63.2 Å². The van der Waals surface area contributed by atoms with Crippen molar-refractivity contribution in [2.75, 3.05) is 11.9 Å². The number of carbonyl (C=O) groups is 1. The van der Waals surface area contributed by atoms with Crippen LogP contribution in [-0.4, -0.2) is 33.3 Å². The van der Waals surface area contributed by atoms with Crippen LogP contribution in [0.15, 0.2) is 42.5 Å². The molecule has 2 heterocycles. The number of ether oxygens (including phenoxy) is 2. The average molecular weight is 378 g/mol. The number of carbonyl (C=O) groups excluding carboxylic acids is 1. The lowest BCUT2D eigenvalue weighted by molar-refractivity contribution is -0.118. The molecule has 0 aliphatic carbocycles. The molecule has 7 nitrogen and oxygen atoms in total. The van der Waals surface area contributed by atoms with Crippen LogP contribution >= 0.6 is 0 Å². The maximum atomic E-state index is 12.3. The smallest absolute Gasteiger partial charge is 0.262 e. The molecule has 2 N–H and O–H groups in total. The molecule has 0 radical (unpaired) electrons. The Bertz CT molecular complexity index is 1010. The summed E-state index contributed by atoms with van der Waals surface area (Å²) >= 11 is 0. The van der Waals surface area contributed by atoms with E-state index >= 15 is 0 Å². The van der Waals surface area contributed by atoms with E-state index < -0.39 is 0 Å². The summed E-state index contributed by atoms with van der Waals surface area (Å²) in [7, 11) is 0. The van der Waals surface area contributed by atoms with E-state index in [2.05, 4.69) is 20.5 Å². The number of anilines is 1. The van der Waals surface area contributed by atoms with Crippen LogP contribution in [0.25, 0.3) is 11.4 Å². The number of aryl methyl sites for hydroxylation is 1. The van der Waals surface area contributed by atoms with Crippen molar-refractivity contribution in [2.24, 2.45) is 0 Å². The monoisotopic (exact) mass is 378 g/mol. The minimum Gasteiger partial charge on any atom is -0.483 e. The molecule has 1 amide bonds. The Morgan fingerprint density at radius 2 is 2.04 bits per heavy atom. The number of aromatic amines is 1. The molecule has 2 aromatic carbocycles. The van der Waals surface area contributed by atoms with E-state index in [-0.39, 0.29) is 18.1 Å². The molecule has 144 valence electrons. The number of hydrogen-bond donors (Lipinski definition) is 2. The Labute approximate surface area is 163 Å². The summed E-state index contributed by atoms with van der Waals surface area (Å²) in [5, 5.41) is 9.76. The number of fused-ring (bicyclic) bond motifs is 1. The minimum atomic E-state index is -0.256. The molecule has 0 fully saturated rings. The van der Waals surface area contributed by atoms with Crippen LogP contribution in [0, 0.1) is 6.92 Å². The number of hydrogen-bond acceptors (Lipinski definition) is 5. The van der Waals surface area contributed by atoms with Crippen molar-refractivity contribution in [3.63, 3.8) is 0 Å². The number of amides is 1. The molecule has 4 rings (SSSR count). The number of nitrogens with zero attached hydrogens (tertiary/aromatic N) is 2. The van der Waals surface area contributed by atoms with E-state index in [1.165, 1.54) is 0 Å². The van der Waals surface area contributed by atoms with E-state index in [1.54, 1.807) is 0 Å². The van der Waals surface area contributed by atoms with Gasteiger partial charge in [-0.1, -0.05) is 12.1 Å². The zero-order valence-electron chi connectivity index (χ0n) is 16.1. The zero-order valence-corrected chi connectivity index (χ0v) is 16.1.